The number of nitrogens with one attached hydrogen (secondary N) is 2. The van der Waals surface area contributed by atoms with E-state index in [1.54, 1.807) is 30.3 Å². The number of benzene rings is 2. The second kappa shape index (κ2) is 10.3. The number of aromatic nitrogens is 4. The quantitative estimate of drug-likeness (QED) is 0.350. The molecule has 1 atom stereocenters. The molecule has 39 heavy (non-hydrogen) atoms. The Morgan fingerprint density at radius 3 is 2.59 bits per heavy atom. The van der Waals surface area contributed by atoms with Crippen molar-refractivity contribution in [2.45, 2.75) is 24.9 Å². The van der Waals surface area contributed by atoms with E-state index in [0.717, 1.165) is 12.5 Å². The first-order chi connectivity index (χ1) is 18.6. The number of amides is 2. The van der Waals surface area contributed by atoms with Gasteiger partial charge in [-0.3, -0.25) is 14.3 Å². The Balaban J connectivity index is 1.55. The van der Waals surface area contributed by atoms with Crippen molar-refractivity contribution >= 4 is 17.5 Å². The fourth-order valence-electron chi connectivity index (χ4n) is 4.43. The van der Waals surface area contributed by atoms with Crippen LogP contribution in [0, 0.1) is 5.82 Å². The Labute approximate surface area is 220 Å². The Kier molecular flexibility index (Phi) is 6.85. The monoisotopic (exact) mass is 538 g/mol. The van der Waals surface area contributed by atoms with Gasteiger partial charge in [-0.05, 0) is 31.0 Å². The van der Waals surface area contributed by atoms with Crippen molar-refractivity contribution in [1.29, 1.82) is 0 Å². The summed E-state index contributed by atoms with van der Waals surface area (Å²) in [5.74, 6) is -2.85. The standard InChI is InChI=1S/C27H22F4N6O2/c1-37-11-9-21(36-37)17-12-18(20(28)13-19(17)27(29,30)31)26(39)34-22-14-33-24(16-8-5-10-32-25(16)38)35-23(22)15-6-3-2-4-7-15/h2-4,6-7,9,11-14,16H,5,8,10H2,1H3,(H,32,38)(H,34,39). The molecular weight excluding hydrogens is 516 g/mol. The predicted octanol–water partition coefficient (Wildman–Crippen LogP) is 4.95. The largest absolute Gasteiger partial charge is 0.417 e. The number of alkyl halides is 3. The molecule has 4 aromatic rings. The lowest BCUT2D eigenvalue weighted by Gasteiger charge is -2.21. The summed E-state index contributed by atoms with van der Waals surface area (Å²) in [5.41, 5.74) is -1.39. The van der Waals surface area contributed by atoms with Crippen LogP contribution in [-0.4, -0.2) is 38.1 Å². The summed E-state index contributed by atoms with van der Waals surface area (Å²) in [6.45, 7) is 0.564. The topological polar surface area (TPSA) is 102 Å². The Morgan fingerprint density at radius 1 is 1.15 bits per heavy atom. The number of halogens is 4. The number of piperidine rings is 1. The van der Waals surface area contributed by atoms with Crippen LogP contribution in [0.2, 0.25) is 0 Å². The minimum atomic E-state index is -4.88. The van der Waals surface area contributed by atoms with Gasteiger partial charge in [0.15, 0.2) is 0 Å². The SMILES string of the molecule is Cn1ccc(-c2cc(C(=O)Nc3cnc(C4CCCNC4=O)nc3-c3ccccc3)c(F)cc2C(F)(F)F)n1. The summed E-state index contributed by atoms with van der Waals surface area (Å²) < 4.78 is 57.4. The second-order valence-electron chi connectivity index (χ2n) is 9.05. The summed E-state index contributed by atoms with van der Waals surface area (Å²) in [6, 6.07) is 11.2. The summed E-state index contributed by atoms with van der Waals surface area (Å²) in [7, 11) is 1.53. The van der Waals surface area contributed by atoms with Gasteiger partial charge in [-0.25, -0.2) is 14.4 Å². The number of hydrogen-bond acceptors (Lipinski definition) is 5. The zero-order chi connectivity index (χ0) is 27.7. The predicted molar refractivity (Wildman–Crippen MR) is 134 cm³/mol. The molecule has 0 bridgehead atoms. The van der Waals surface area contributed by atoms with Gasteiger partial charge in [0.2, 0.25) is 5.91 Å². The third-order valence-corrected chi connectivity index (χ3v) is 6.35. The van der Waals surface area contributed by atoms with E-state index >= 15 is 0 Å². The fourth-order valence-corrected chi connectivity index (χ4v) is 4.43. The Morgan fingerprint density at radius 2 is 1.92 bits per heavy atom. The van der Waals surface area contributed by atoms with Gasteiger partial charge in [-0.1, -0.05) is 30.3 Å². The molecule has 5 rings (SSSR count). The van der Waals surface area contributed by atoms with E-state index in [1.807, 2.05) is 0 Å². The molecule has 1 unspecified atom stereocenters. The summed E-state index contributed by atoms with van der Waals surface area (Å²) in [4.78, 5) is 34.5. The van der Waals surface area contributed by atoms with Gasteiger partial charge in [-0.15, -0.1) is 0 Å². The lowest BCUT2D eigenvalue weighted by atomic mass is 9.97. The highest BCUT2D eigenvalue weighted by Gasteiger charge is 2.36. The summed E-state index contributed by atoms with van der Waals surface area (Å²) >= 11 is 0. The molecule has 0 saturated carbocycles. The highest BCUT2D eigenvalue weighted by Crippen LogP contribution is 2.38. The van der Waals surface area contributed by atoms with E-state index < -0.39 is 40.5 Å². The lowest BCUT2D eigenvalue weighted by molar-refractivity contribution is -0.137. The van der Waals surface area contributed by atoms with Gasteiger partial charge < -0.3 is 10.6 Å². The molecule has 200 valence electrons. The molecule has 1 saturated heterocycles. The van der Waals surface area contributed by atoms with E-state index in [2.05, 4.69) is 25.7 Å². The number of hydrogen-bond donors (Lipinski definition) is 2. The van der Waals surface area contributed by atoms with Gasteiger partial charge in [0.1, 0.15) is 11.6 Å². The molecule has 0 aliphatic carbocycles. The van der Waals surface area contributed by atoms with Crippen LogP contribution in [0.15, 0.2) is 60.9 Å². The number of aryl methyl sites for hydroxylation is 1. The smallest absolute Gasteiger partial charge is 0.355 e. The van der Waals surface area contributed by atoms with Gasteiger partial charge in [-0.2, -0.15) is 18.3 Å². The first-order valence-electron chi connectivity index (χ1n) is 12.0. The molecule has 2 aromatic heterocycles. The Hall–Kier alpha value is -4.61. The molecule has 1 aliphatic heterocycles. The Bertz CT molecular complexity index is 1550. The van der Waals surface area contributed by atoms with Crippen LogP contribution in [-0.2, 0) is 18.0 Å². The van der Waals surface area contributed by atoms with Crippen LogP contribution >= 0.6 is 0 Å². The van der Waals surface area contributed by atoms with Crippen LogP contribution in [0.1, 0.15) is 40.5 Å². The normalized spacial score (nSPS) is 15.6. The lowest BCUT2D eigenvalue weighted by Crippen LogP contribution is -2.36. The highest BCUT2D eigenvalue weighted by atomic mass is 19.4. The van der Waals surface area contributed by atoms with Crippen LogP contribution < -0.4 is 10.6 Å². The third-order valence-electron chi connectivity index (χ3n) is 6.35. The zero-order valence-electron chi connectivity index (χ0n) is 20.6. The molecule has 1 fully saturated rings. The second-order valence-corrected chi connectivity index (χ2v) is 9.05. The average Bonchev–Trinajstić information content (AvgIpc) is 3.35. The van der Waals surface area contributed by atoms with Crippen LogP contribution in [0.3, 0.4) is 0 Å². The molecule has 12 heteroatoms. The maximum Gasteiger partial charge on any atom is 0.417 e. The first kappa shape index (κ1) is 26.0. The molecule has 3 heterocycles. The van der Waals surface area contributed by atoms with Crippen molar-refractivity contribution in [3.8, 4) is 22.5 Å². The first-order valence-corrected chi connectivity index (χ1v) is 12.0. The fraction of sp³-hybridized carbons (Fsp3) is 0.222. The number of carbonyl (C=O) groups excluding carboxylic acids is 2. The third kappa shape index (κ3) is 5.35. The van der Waals surface area contributed by atoms with E-state index in [9.17, 15) is 27.2 Å². The minimum Gasteiger partial charge on any atom is -0.355 e. The molecular formula is C27H22F4N6O2. The van der Waals surface area contributed by atoms with Crippen molar-refractivity contribution in [3.63, 3.8) is 0 Å². The minimum absolute atomic E-state index is 0.0673. The number of nitrogens with zero attached hydrogens (tertiary/aromatic N) is 4. The maximum absolute atomic E-state index is 14.9. The number of carbonyl (C=O) groups is 2. The van der Waals surface area contributed by atoms with Gasteiger partial charge in [0, 0.05) is 30.9 Å². The average molecular weight is 539 g/mol. The number of anilines is 1. The highest BCUT2D eigenvalue weighted by molar-refractivity contribution is 6.06. The summed E-state index contributed by atoms with van der Waals surface area (Å²) in [5, 5.41) is 9.31. The van der Waals surface area contributed by atoms with Gasteiger partial charge in [0.25, 0.3) is 5.91 Å². The van der Waals surface area contributed by atoms with Crippen molar-refractivity contribution in [1.82, 2.24) is 25.1 Å². The molecule has 8 nitrogen and oxygen atoms in total. The molecule has 2 N–H and O–H groups in total. The van der Waals surface area contributed by atoms with Crippen LogP contribution in [0.25, 0.3) is 22.5 Å². The molecule has 2 aromatic carbocycles. The van der Waals surface area contributed by atoms with Gasteiger partial charge >= 0.3 is 6.18 Å². The zero-order valence-corrected chi connectivity index (χ0v) is 20.6. The molecule has 0 radical (unpaired) electrons. The number of rotatable bonds is 5. The van der Waals surface area contributed by atoms with Crippen molar-refractivity contribution in [2.24, 2.45) is 7.05 Å². The maximum atomic E-state index is 14.9. The molecule has 2 amide bonds. The van der Waals surface area contributed by atoms with Crippen LogP contribution in [0.5, 0.6) is 0 Å². The van der Waals surface area contributed by atoms with Crippen molar-refractivity contribution in [3.05, 3.63) is 83.7 Å². The van der Waals surface area contributed by atoms with Gasteiger partial charge in [0.05, 0.1) is 40.3 Å². The summed E-state index contributed by atoms with van der Waals surface area (Å²) in [6.07, 6.45) is -0.815. The van der Waals surface area contributed by atoms with E-state index in [0.29, 0.717) is 18.5 Å². The van der Waals surface area contributed by atoms with Crippen molar-refractivity contribution < 1.29 is 27.2 Å². The van der Waals surface area contributed by atoms with E-state index in [4.69, 9.17) is 0 Å². The molecule has 0 spiro atoms. The molecule has 1 aliphatic rings. The van der Waals surface area contributed by atoms with E-state index in [1.165, 1.54) is 30.2 Å². The van der Waals surface area contributed by atoms with Crippen LogP contribution in [0.4, 0.5) is 23.2 Å². The van der Waals surface area contributed by atoms with Crippen molar-refractivity contribution in [2.75, 3.05) is 11.9 Å². The van der Waals surface area contributed by atoms with E-state index in [-0.39, 0.29) is 34.9 Å².